The summed E-state index contributed by atoms with van der Waals surface area (Å²) in [5.74, 6) is 0.673. The molecule has 0 atom stereocenters. The Balaban J connectivity index is 1.75. The van der Waals surface area contributed by atoms with E-state index in [1.54, 1.807) is 30.5 Å². The van der Waals surface area contributed by atoms with Crippen LogP contribution >= 0.6 is 34.8 Å². The number of rotatable bonds is 4. The number of benzene rings is 2. The summed E-state index contributed by atoms with van der Waals surface area (Å²) in [6.45, 7) is 0. The van der Waals surface area contributed by atoms with Gasteiger partial charge in [0, 0.05) is 27.2 Å². The van der Waals surface area contributed by atoms with Gasteiger partial charge in [-0.2, -0.15) is 0 Å². The molecule has 0 radical (unpaired) electrons. The maximum absolute atomic E-state index is 6.16. The fourth-order valence-corrected chi connectivity index (χ4v) is 2.64. The number of nitrogens with one attached hydrogen (secondary N) is 1. The van der Waals surface area contributed by atoms with E-state index in [1.165, 1.54) is 0 Å². The van der Waals surface area contributed by atoms with Crippen molar-refractivity contribution in [3.05, 3.63) is 75.1 Å². The Bertz CT molecular complexity index is 764. The van der Waals surface area contributed by atoms with Gasteiger partial charge in [-0.05, 0) is 42.0 Å². The first kappa shape index (κ1) is 15.2. The first-order chi connectivity index (χ1) is 10.6. The maximum atomic E-state index is 6.16. The highest BCUT2D eigenvalue weighted by Gasteiger charge is 2.10. The van der Waals surface area contributed by atoms with Gasteiger partial charge >= 0.3 is 0 Å². The van der Waals surface area contributed by atoms with Crippen LogP contribution in [0.2, 0.25) is 15.1 Å². The lowest BCUT2D eigenvalue weighted by atomic mass is 10.1. The van der Waals surface area contributed by atoms with Gasteiger partial charge < -0.3 is 9.73 Å². The molecule has 22 heavy (non-hydrogen) atoms. The SMILES string of the molecule is Clc1ccc(Nc2ncc(Cc3c(Cl)cccc3Cl)o2)cc1. The molecule has 0 unspecified atom stereocenters. The topological polar surface area (TPSA) is 38.1 Å². The smallest absolute Gasteiger partial charge is 0.299 e. The average molecular weight is 354 g/mol. The molecular weight excluding hydrogens is 343 g/mol. The van der Waals surface area contributed by atoms with E-state index in [9.17, 15) is 0 Å². The van der Waals surface area contributed by atoms with Crippen molar-refractivity contribution in [3.63, 3.8) is 0 Å². The van der Waals surface area contributed by atoms with E-state index in [-0.39, 0.29) is 0 Å². The average Bonchev–Trinajstić information content (AvgIpc) is 2.93. The first-order valence-corrected chi connectivity index (χ1v) is 7.65. The molecule has 0 aliphatic heterocycles. The zero-order valence-electron chi connectivity index (χ0n) is 11.3. The molecule has 0 aliphatic carbocycles. The molecule has 0 amide bonds. The van der Waals surface area contributed by atoms with Crippen LogP contribution in [0.25, 0.3) is 0 Å². The van der Waals surface area contributed by atoms with Gasteiger partial charge in [0.25, 0.3) is 6.01 Å². The van der Waals surface area contributed by atoms with E-state index in [4.69, 9.17) is 39.2 Å². The van der Waals surface area contributed by atoms with Crippen molar-refractivity contribution < 1.29 is 4.42 Å². The van der Waals surface area contributed by atoms with Gasteiger partial charge in [0.05, 0.1) is 6.20 Å². The molecule has 0 fully saturated rings. The molecule has 112 valence electrons. The van der Waals surface area contributed by atoms with E-state index in [2.05, 4.69) is 10.3 Å². The maximum Gasteiger partial charge on any atom is 0.299 e. The van der Waals surface area contributed by atoms with Crippen LogP contribution in [0.15, 0.2) is 53.1 Å². The summed E-state index contributed by atoms with van der Waals surface area (Å²) in [6, 6.07) is 13.1. The molecule has 3 nitrogen and oxygen atoms in total. The number of oxazole rings is 1. The van der Waals surface area contributed by atoms with Crippen molar-refractivity contribution in [2.24, 2.45) is 0 Å². The molecule has 0 saturated carbocycles. The quantitative estimate of drug-likeness (QED) is 0.628. The standard InChI is InChI=1S/C16H11Cl3N2O/c17-10-4-6-11(7-5-10)21-16-20-9-12(22-16)8-13-14(18)2-1-3-15(13)19/h1-7,9H,8H2,(H,20,21). The molecule has 3 rings (SSSR count). The highest BCUT2D eigenvalue weighted by molar-refractivity contribution is 6.36. The van der Waals surface area contributed by atoms with Crippen LogP contribution in [0.4, 0.5) is 11.7 Å². The van der Waals surface area contributed by atoms with Crippen molar-refractivity contribution in [1.29, 1.82) is 0 Å². The van der Waals surface area contributed by atoms with Crippen LogP contribution in [-0.4, -0.2) is 4.98 Å². The van der Waals surface area contributed by atoms with Crippen LogP contribution in [-0.2, 0) is 6.42 Å². The summed E-state index contributed by atoms with van der Waals surface area (Å²) in [4.78, 5) is 4.19. The van der Waals surface area contributed by atoms with E-state index in [1.807, 2.05) is 18.2 Å². The summed E-state index contributed by atoms with van der Waals surface area (Å²) in [5, 5.41) is 4.95. The molecule has 6 heteroatoms. The predicted octanol–water partition coefficient (Wildman–Crippen LogP) is 5.97. The molecule has 0 saturated heterocycles. The van der Waals surface area contributed by atoms with E-state index >= 15 is 0 Å². The number of anilines is 2. The van der Waals surface area contributed by atoms with Crippen LogP contribution in [0.5, 0.6) is 0 Å². The minimum absolute atomic E-state index is 0.403. The lowest BCUT2D eigenvalue weighted by Crippen LogP contribution is -1.90. The third-order valence-electron chi connectivity index (χ3n) is 3.06. The summed E-state index contributed by atoms with van der Waals surface area (Å²) >= 11 is 18.2. The van der Waals surface area contributed by atoms with Crippen molar-refractivity contribution in [1.82, 2.24) is 4.98 Å². The normalized spacial score (nSPS) is 10.7. The highest BCUT2D eigenvalue weighted by Crippen LogP contribution is 2.28. The second-order valence-electron chi connectivity index (χ2n) is 4.64. The van der Waals surface area contributed by atoms with Gasteiger partial charge in [0.1, 0.15) is 5.76 Å². The van der Waals surface area contributed by atoms with Crippen molar-refractivity contribution in [3.8, 4) is 0 Å². The monoisotopic (exact) mass is 352 g/mol. The minimum Gasteiger partial charge on any atom is -0.428 e. The largest absolute Gasteiger partial charge is 0.428 e. The fraction of sp³-hybridized carbons (Fsp3) is 0.0625. The zero-order valence-corrected chi connectivity index (χ0v) is 13.6. The van der Waals surface area contributed by atoms with Gasteiger partial charge in [-0.25, -0.2) is 4.98 Å². The van der Waals surface area contributed by atoms with Crippen molar-refractivity contribution in [2.45, 2.75) is 6.42 Å². The predicted molar refractivity (Wildman–Crippen MR) is 90.5 cm³/mol. The van der Waals surface area contributed by atoms with E-state index in [0.29, 0.717) is 33.3 Å². The number of halogens is 3. The van der Waals surface area contributed by atoms with Crippen molar-refractivity contribution in [2.75, 3.05) is 5.32 Å². The van der Waals surface area contributed by atoms with Crippen molar-refractivity contribution >= 4 is 46.5 Å². The number of aromatic nitrogens is 1. The number of nitrogens with zero attached hydrogens (tertiary/aromatic N) is 1. The Morgan fingerprint density at radius 1 is 0.955 bits per heavy atom. The minimum atomic E-state index is 0.403. The lowest BCUT2D eigenvalue weighted by molar-refractivity contribution is 0.532. The fourth-order valence-electron chi connectivity index (χ4n) is 1.98. The molecule has 3 aromatic rings. The Morgan fingerprint density at radius 2 is 1.64 bits per heavy atom. The van der Waals surface area contributed by atoms with Crippen LogP contribution in [0, 0.1) is 0 Å². The second-order valence-corrected chi connectivity index (χ2v) is 5.89. The summed E-state index contributed by atoms with van der Waals surface area (Å²) in [7, 11) is 0. The summed E-state index contributed by atoms with van der Waals surface area (Å²) in [5.41, 5.74) is 1.66. The number of hydrogen-bond acceptors (Lipinski definition) is 3. The third kappa shape index (κ3) is 3.55. The molecule has 0 spiro atoms. The van der Waals surface area contributed by atoms with Gasteiger partial charge in [-0.1, -0.05) is 40.9 Å². The molecule has 1 heterocycles. The Hall–Kier alpha value is -1.68. The first-order valence-electron chi connectivity index (χ1n) is 6.52. The lowest BCUT2D eigenvalue weighted by Gasteiger charge is -2.04. The summed E-state index contributed by atoms with van der Waals surface area (Å²) in [6.07, 6.45) is 2.13. The zero-order chi connectivity index (χ0) is 15.5. The van der Waals surface area contributed by atoms with Crippen LogP contribution < -0.4 is 5.32 Å². The highest BCUT2D eigenvalue weighted by atomic mass is 35.5. The second kappa shape index (κ2) is 6.61. The van der Waals surface area contributed by atoms with Gasteiger partial charge in [-0.15, -0.1) is 0 Å². The van der Waals surface area contributed by atoms with E-state index < -0.39 is 0 Å². The summed E-state index contributed by atoms with van der Waals surface area (Å²) < 4.78 is 5.66. The molecule has 2 aromatic carbocycles. The Labute approximate surface area is 142 Å². The van der Waals surface area contributed by atoms with Gasteiger partial charge in [-0.3, -0.25) is 0 Å². The molecular formula is C16H11Cl3N2O. The molecule has 1 aromatic heterocycles. The Kier molecular flexibility index (Phi) is 4.57. The van der Waals surface area contributed by atoms with Crippen LogP contribution in [0.3, 0.4) is 0 Å². The molecule has 1 N–H and O–H groups in total. The number of hydrogen-bond donors (Lipinski definition) is 1. The Morgan fingerprint density at radius 3 is 2.32 bits per heavy atom. The third-order valence-corrected chi connectivity index (χ3v) is 4.02. The molecule has 0 bridgehead atoms. The molecule has 0 aliphatic rings. The van der Waals surface area contributed by atoms with E-state index in [0.717, 1.165) is 11.3 Å². The van der Waals surface area contributed by atoms with Gasteiger partial charge in [0.2, 0.25) is 0 Å². The van der Waals surface area contributed by atoms with Gasteiger partial charge in [0.15, 0.2) is 0 Å². The van der Waals surface area contributed by atoms with Crippen LogP contribution in [0.1, 0.15) is 11.3 Å².